The molecule has 1 aliphatic carbocycles. The number of anilines is 2. The van der Waals surface area contributed by atoms with Crippen molar-refractivity contribution in [2.45, 2.75) is 90.9 Å². The second-order valence-electron chi connectivity index (χ2n) is 12.5. The van der Waals surface area contributed by atoms with Gasteiger partial charge in [-0.05, 0) is 25.0 Å². The highest BCUT2D eigenvalue weighted by Gasteiger charge is 2.40. The highest BCUT2D eigenvalue weighted by molar-refractivity contribution is 6.55. The van der Waals surface area contributed by atoms with Gasteiger partial charge in [0.2, 0.25) is 17.2 Å². The van der Waals surface area contributed by atoms with Crippen LogP contribution >= 0.6 is 0 Å². The van der Waals surface area contributed by atoms with Crippen molar-refractivity contribution in [1.29, 1.82) is 0 Å². The molecular formula is C40H49N6O2+. The third kappa shape index (κ3) is 8.79. The third-order valence-corrected chi connectivity index (χ3v) is 8.88. The van der Waals surface area contributed by atoms with Crippen LogP contribution in [0, 0.1) is 0 Å². The van der Waals surface area contributed by atoms with Crippen molar-refractivity contribution in [3.8, 4) is 0 Å². The van der Waals surface area contributed by atoms with Gasteiger partial charge in [-0.3, -0.25) is 4.79 Å². The Balaban J connectivity index is 1.30. The number of rotatable bonds is 18. The van der Waals surface area contributed by atoms with Gasteiger partial charge in [-0.25, -0.2) is 20.0 Å². The van der Waals surface area contributed by atoms with Gasteiger partial charge >= 0.3 is 0 Å². The number of aromatic nitrogens is 2. The molecule has 1 aliphatic heterocycles. The Morgan fingerprint density at radius 2 is 1.23 bits per heavy atom. The topological polar surface area (TPSA) is 94.0 Å². The van der Waals surface area contributed by atoms with Crippen LogP contribution in [0.4, 0.5) is 17.1 Å². The van der Waals surface area contributed by atoms with Crippen LogP contribution in [0.2, 0.25) is 0 Å². The van der Waals surface area contributed by atoms with Crippen molar-refractivity contribution < 1.29 is 14.5 Å². The molecule has 0 atom stereocenters. The van der Waals surface area contributed by atoms with E-state index in [9.17, 15) is 9.90 Å². The first-order valence-electron chi connectivity index (χ1n) is 17.8. The van der Waals surface area contributed by atoms with Crippen LogP contribution in [0.5, 0.6) is 0 Å². The van der Waals surface area contributed by atoms with E-state index in [1.165, 1.54) is 64.2 Å². The van der Waals surface area contributed by atoms with Crippen LogP contribution in [-0.4, -0.2) is 56.7 Å². The first-order valence-corrected chi connectivity index (χ1v) is 17.8. The molecular weight excluding hydrogens is 596 g/mol. The molecule has 0 saturated carbocycles. The lowest BCUT2D eigenvalue weighted by Crippen LogP contribution is -2.26. The summed E-state index contributed by atoms with van der Waals surface area (Å²) in [5, 5.41) is 11.0. The maximum Gasteiger partial charge on any atom is 0.242 e. The summed E-state index contributed by atoms with van der Waals surface area (Å²) in [6.07, 6.45) is 21.4. The summed E-state index contributed by atoms with van der Waals surface area (Å²) in [4.78, 5) is 33.6. The minimum atomic E-state index is -0.355. The first kappa shape index (κ1) is 34.6. The Labute approximate surface area is 285 Å². The van der Waals surface area contributed by atoms with Gasteiger partial charge in [0, 0.05) is 30.8 Å². The van der Waals surface area contributed by atoms with Crippen LogP contribution in [-0.2, 0) is 4.79 Å². The van der Waals surface area contributed by atoms with Crippen LogP contribution < -0.4 is 4.90 Å². The molecule has 0 unspecified atom stereocenters. The predicted octanol–water partition coefficient (Wildman–Crippen LogP) is 9.34. The van der Waals surface area contributed by atoms with Crippen molar-refractivity contribution >= 4 is 46.6 Å². The number of Topliss-reactive ketones (excluding diaryl/α,β-unsaturated/α-hetero) is 1. The third-order valence-electron chi connectivity index (χ3n) is 8.88. The van der Waals surface area contributed by atoms with Crippen LogP contribution in [0.3, 0.4) is 0 Å². The van der Waals surface area contributed by atoms with E-state index in [0.29, 0.717) is 0 Å². The fourth-order valence-electron chi connectivity index (χ4n) is 6.13. The van der Waals surface area contributed by atoms with Gasteiger partial charge in [0.1, 0.15) is 35.9 Å². The zero-order valence-electron chi connectivity index (χ0n) is 28.5. The molecule has 2 heterocycles. The summed E-state index contributed by atoms with van der Waals surface area (Å²) >= 11 is 0. The molecule has 2 aromatic carbocycles. The van der Waals surface area contributed by atoms with Gasteiger partial charge < -0.3 is 10.0 Å². The summed E-state index contributed by atoms with van der Waals surface area (Å²) in [7, 11) is 0. The lowest BCUT2D eigenvalue weighted by Gasteiger charge is -2.25. The highest BCUT2D eigenvalue weighted by atomic mass is 16.3. The monoisotopic (exact) mass is 645 g/mol. The standard InChI is InChI=1S/C40H48N6O2/c1-3-5-7-9-11-19-25-45(31-21-15-13-16-22-31)33-27-41-39(42-28-33)35-37(47)36(38(35)48)40-43-29-34(30-44-40)46(32-23-17-14-18-24-32)26-20-12-10-8-6-4-2/h13-18,21-24,27-30H,3-12,19-20,25-26H2,1-2H3/p+1. The molecule has 0 saturated heterocycles. The highest BCUT2D eigenvalue weighted by Crippen LogP contribution is 2.37. The molecule has 8 nitrogen and oxygen atoms in total. The van der Waals surface area contributed by atoms with Gasteiger partial charge in [0.25, 0.3) is 0 Å². The van der Waals surface area contributed by atoms with Crippen LogP contribution in [0.1, 0.15) is 96.7 Å². The molecule has 2 aliphatic rings. The summed E-state index contributed by atoms with van der Waals surface area (Å²) < 4.78 is 2.21. The Morgan fingerprint density at radius 1 is 0.667 bits per heavy atom. The van der Waals surface area contributed by atoms with Crippen molar-refractivity contribution in [1.82, 2.24) is 9.97 Å². The maximum absolute atomic E-state index is 13.3. The van der Waals surface area contributed by atoms with E-state index < -0.39 is 0 Å². The summed E-state index contributed by atoms with van der Waals surface area (Å²) in [6.45, 7) is 6.15. The molecule has 5 rings (SSSR count). The number of aliphatic imine (C=N–C) groups is 2. The normalized spacial score (nSPS) is 14.1. The fourth-order valence-corrected chi connectivity index (χ4v) is 6.13. The Bertz CT molecular complexity index is 1640. The number of ketones is 1. The van der Waals surface area contributed by atoms with Gasteiger partial charge in [0.05, 0.1) is 18.1 Å². The van der Waals surface area contributed by atoms with Gasteiger partial charge in [-0.15, -0.1) is 0 Å². The minimum absolute atomic E-state index is 0.0976. The number of hydrogen-bond acceptors (Lipinski definition) is 7. The van der Waals surface area contributed by atoms with E-state index in [1.54, 1.807) is 24.8 Å². The molecule has 1 N–H and O–H groups in total. The van der Waals surface area contributed by atoms with Crippen molar-refractivity contribution in [2.24, 2.45) is 9.98 Å². The van der Waals surface area contributed by atoms with E-state index >= 15 is 0 Å². The van der Waals surface area contributed by atoms with Gasteiger partial charge in [0.15, 0.2) is 11.6 Å². The Morgan fingerprint density at radius 3 is 1.83 bits per heavy atom. The lowest BCUT2D eigenvalue weighted by molar-refractivity contribution is -0.437. The van der Waals surface area contributed by atoms with Crippen molar-refractivity contribution in [3.63, 3.8) is 0 Å². The first-order chi connectivity index (χ1) is 23.6. The number of unbranched alkanes of at least 4 members (excludes halogenated alkanes) is 10. The van der Waals surface area contributed by atoms with E-state index in [-0.39, 0.29) is 34.3 Å². The fraction of sp³-hybridized carbons (Fsp3) is 0.400. The Hall–Kier alpha value is -4.72. The van der Waals surface area contributed by atoms with E-state index in [0.717, 1.165) is 48.7 Å². The largest absolute Gasteiger partial charge is 0.506 e. The van der Waals surface area contributed by atoms with E-state index in [1.807, 2.05) is 36.4 Å². The molecule has 48 heavy (non-hydrogen) atoms. The summed E-state index contributed by atoms with van der Waals surface area (Å²) in [6, 6.07) is 20.4. The number of para-hydroxylation sites is 2. The summed E-state index contributed by atoms with van der Waals surface area (Å²) in [5.74, 6) is -0.127. The molecule has 250 valence electrons. The van der Waals surface area contributed by atoms with Crippen LogP contribution in [0.25, 0.3) is 5.57 Å². The van der Waals surface area contributed by atoms with E-state index in [4.69, 9.17) is 0 Å². The zero-order chi connectivity index (χ0) is 33.6. The molecule has 3 aromatic rings. The molecule has 0 bridgehead atoms. The minimum Gasteiger partial charge on any atom is -0.506 e. The number of aliphatic hydroxyl groups is 1. The van der Waals surface area contributed by atoms with Gasteiger partial charge in [-0.2, -0.15) is 4.58 Å². The van der Waals surface area contributed by atoms with Crippen molar-refractivity contribution in [2.75, 3.05) is 18.0 Å². The predicted molar refractivity (Wildman–Crippen MR) is 197 cm³/mol. The number of carbonyl (C=O) groups is 1. The summed E-state index contributed by atoms with van der Waals surface area (Å²) in [5.41, 5.74) is 4.02. The SMILES string of the molecule is CCCCCCCCN(c1ccccc1)c1cnc(C2=C(O)C(=C3N=CC(=[N+](CCCCCCCC)c4ccccc4)C=N3)C2=O)nc1. The molecule has 0 fully saturated rings. The van der Waals surface area contributed by atoms with Crippen molar-refractivity contribution in [3.05, 3.63) is 96.0 Å². The van der Waals surface area contributed by atoms with Crippen LogP contribution in [0.15, 0.2) is 100 Å². The number of allylic oxidation sites excluding steroid dienone is 2. The average molecular weight is 646 g/mol. The molecule has 0 spiro atoms. The number of nitrogens with zero attached hydrogens (tertiary/aromatic N) is 6. The number of benzene rings is 2. The molecule has 0 radical (unpaired) electrons. The smallest absolute Gasteiger partial charge is 0.242 e. The lowest BCUT2D eigenvalue weighted by atomic mass is 9.87. The quantitative estimate of drug-likeness (QED) is 0.0845. The zero-order valence-corrected chi connectivity index (χ0v) is 28.5. The second kappa shape index (κ2) is 18.0. The average Bonchev–Trinajstić information content (AvgIpc) is 3.13. The number of aliphatic hydroxyl groups excluding tert-OH is 1. The van der Waals surface area contributed by atoms with Gasteiger partial charge in [-0.1, -0.05) is 108 Å². The number of carbonyl (C=O) groups excluding carboxylic acids is 1. The Kier molecular flexibility index (Phi) is 13.0. The number of hydrogen-bond donors (Lipinski definition) is 1. The second-order valence-corrected chi connectivity index (χ2v) is 12.5. The molecule has 1 aromatic heterocycles. The van der Waals surface area contributed by atoms with E-state index in [2.05, 4.69) is 67.5 Å². The molecule has 8 heteroatoms. The molecule has 0 amide bonds. The maximum atomic E-state index is 13.3.